The molecule has 5 nitrogen and oxygen atoms in total. The molecule has 0 aliphatic carbocycles. The highest BCUT2D eigenvalue weighted by Gasteiger charge is 2.15. The van der Waals surface area contributed by atoms with Gasteiger partial charge in [0.15, 0.2) is 0 Å². The summed E-state index contributed by atoms with van der Waals surface area (Å²) in [7, 11) is 0. The molecule has 0 radical (unpaired) electrons. The third-order valence-electron chi connectivity index (χ3n) is 3.35. The summed E-state index contributed by atoms with van der Waals surface area (Å²) in [6, 6.07) is 10.3. The molecule has 0 aliphatic heterocycles. The molecule has 0 saturated carbocycles. The number of anilines is 1. The van der Waals surface area contributed by atoms with E-state index in [0.717, 1.165) is 16.6 Å². The van der Waals surface area contributed by atoms with Gasteiger partial charge >= 0.3 is 0 Å². The number of hydrogen-bond donors (Lipinski definition) is 4. The molecule has 3 rings (SSSR count). The van der Waals surface area contributed by atoms with E-state index in [1.807, 2.05) is 25.1 Å². The van der Waals surface area contributed by atoms with Crippen molar-refractivity contribution in [3.05, 3.63) is 48.2 Å². The smallest absolute Gasteiger partial charge is 0.124 e. The number of aromatic nitrogens is 2. The van der Waals surface area contributed by atoms with Crippen LogP contribution in [0.15, 0.2) is 42.6 Å². The van der Waals surface area contributed by atoms with Crippen LogP contribution in [-0.2, 0) is 0 Å². The third-order valence-corrected chi connectivity index (χ3v) is 3.35. The van der Waals surface area contributed by atoms with Gasteiger partial charge in [0.1, 0.15) is 11.5 Å². The second kappa shape index (κ2) is 4.77. The summed E-state index contributed by atoms with van der Waals surface area (Å²) in [6.07, 6.45) is 1.75. The molecule has 3 aromatic rings. The Kier molecular flexibility index (Phi) is 2.95. The van der Waals surface area contributed by atoms with E-state index < -0.39 is 0 Å². The van der Waals surface area contributed by atoms with Crippen molar-refractivity contribution in [2.24, 2.45) is 0 Å². The van der Waals surface area contributed by atoms with Crippen LogP contribution < -0.4 is 5.32 Å². The van der Waals surface area contributed by atoms with Crippen LogP contribution in [0.2, 0.25) is 0 Å². The zero-order chi connectivity index (χ0) is 14.1. The first-order chi connectivity index (χ1) is 9.66. The molecule has 0 fully saturated rings. The van der Waals surface area contributed by atoms with E-state index in [9.17, 15) is 10.2 Å². The summed E-state index contributed by atoms with van der Waals surface area (Å²) in [5, 5.41) is 31.0. The molecular weight excluding hydrogens is 254 g/mol. The fraction of sp³-hybridized carbons (Fsp3) is 0.133. The van der Waals surface area contributed by atoms with Crippen LogP contribution >= 0.6 is 0 Å². The van der Waals surface area contributed by atoms with Gasteiger partial charge in [-0.1, -0.05) is 12.1 Å². The number of fused-ring (bicyclic) bond motifs is 1. The molecule has 2 aromatic carbocycles. The standard InChI is InChI=1S/C15H15N3O2/c1-9(15-13(19)6-3-7-14(15)20)17-11-4-2-5-12-10(11)8-16-18-12/h2-9,17,19-20H,1H3,(H,16,18). The van der Waals surface area contributed by atoms with Crippen LogP contribution in [0.25, 0.3) is 10.9 Å². The van der Waals surface area contributed by atoms with Gasteiger partial charge in [0.25, 0.3) is 0 Å². The van der Waals surface area contributed by atoms with Gasteiger partial charge in [-0.2, -0.15) is 5.10 Å². The average Bonchev–Trinajstić information content (AvgIpc) is 2.88. The molecule has 1 unspecified atom stereocenters. The Hall–Kier alpha value is -2.69. The van der Waals surface area contributed by atoms with Crippen molar-refractivity contribution in [1.82, 2.24) is 10.2 Å². The SMILES string of the molecule is CC(Nc1cccc2[nH]ncc12)c1c(O)cccc1O. The Bertz CT molecular complexity index is 731. The van der Waals surface area contributed by atoms with E-state index in [0.29, 0.717) is 5.56 Å². The normalized spacial score (nSPS) is 12.4. The van der Waals surface area contributed by atoms with Crippen molar-refractivity contribution in [1.29, 1.82) is 0 Å². The quantitative estimate of drug-likeness (QED) is 0.589. The van der Waals surface area contributed by atoms with Gasteiger partial charge in [0.2, 0.25) is 0 Å². The molecule has 1 heterocycles. The summed E-state index contributed by atoms with van der Waals surface area (Å²) >= 11 is 0. The lowest BCUT2D eigenvalue weighted by atomic mass is 10.1. The number of hydrogen-bond acceptors (Lipinski definition) is 4. The van der Waals surface area contributed by atoms with E-state index >= 15 is 0 Å². The second-order valence-corrected chi connectivity index (χ2v) is 4.71. The van der Waals surface area contributed by atoms with Crippen molar-refractivity contribution in [2.75, 3.05) is 5.32 Å². The minimum atomic E-state index is -0.239. The lowest BCUT2D eigenvalue weighted by Crippen LogP contribution is -2.07. The molecule has 4 N–H and O–H groups in total. The molecule has 5 heteroatoms. The number of aromatic amines is 1. The Balaban J connectivity index is 1.97. The first kappa shape index (κ1) is 12.3. The lowest BCUT2D eigenvalue weighted by molar-refractivity contribution is 0.434. The number of rotatable bonds is 3. The van der Waals surface area contributed by atoms with Crippen LogP contribution in [0.1, 0.15) is 18.5 Å². The van der Waals surface area contributed by atoms with Crippen molar-refractivity contribution in [3.8, 4) is 11.5 Å². The molecular formula is C15H15N3O2. The van der Waals surface area contributed by atoms with Gasteiger partial charge in [0.05, 0.1) is 23.3 Å². The Morgan fingerprint density at radius 3 is 2.55 bits per heavy atom. The lowest BCUT2D eigenvalue weighted by Gasteiger charge is -2.18. The summed E-state index contributed by atoms with van der Waals surface area (Å²) in [5.41, 5.74) is 2.31. The molecule has 0 spiro atoms. The molecule has 0 amide bonds. The maximum Gasteiger partial charge on any atom is 0.124 e. The number of nitrogens with zero attached hydrogens (tertiary/aromatic N) is 1. The predicted octanol–water partition coefficient (Wildman–Crippen LogP) is 3.15. The van der Waals surface area contributed by atoms with E-state index in [1.165, 1.54) is 0 Å². The molecule has 1 atom stereocenters. The molecule has 0 bridgehead atoms. The minimum absolute atomic E-state index is 0.0735. The van der Waals surface area contributed by atoms with E-state index in [4.69, 9.17) is 0 Å². The van der Waals surface area contributed by atoms with Crippen molar-refractivity contribution < 1.29 is 10.2 Å². The van der Waals surface area contributed by atoms with Crippen molar-refractivity contribution >= 4 is 16.6 Å². The molecule has 0 aliphatic rings. The van der Waals surface area contributed by atoms with Gasteiger partial charge in [-0.15, -0.1) is 0 Å². The monoisotopic (exact) mass is 269 g/mol. The maximum absolute atomic E-state index is 9.89. The Morgan fingerprint density at radius 1 is 1.10 bits per heavy atom. The zero-order valence-corrected chi connectivity index (χ0v) is 11.0. The van der Waals surface area contributed by atoms with Gasteiger partial charge in [-0.3, -0.25) is 5.10 Å². The topological polar surface area (TPSA) is 81.2 Å². The van der Waals surface area contributed by atoms with E-state index in [-0.39, 0.29) is 17.5 Å². The van der Waals surface area contributed by atoms with E-state index in [2.05, 4.69) is 15.5 Å². The number of aromatic hydroxyl groups is 2. The number of phenols is 2. The fourth-order valence-corrected chi connectivity index (χ4v) is 2.38. The van der Waals surface area contributed by atoms with Gasteiger partial charge in [-0.25, -0.2) is 0 Å². The summed E-state index contributed by atoms with van der Waals surface area (Å²) in [6.45, 7) is 1.88. The van der Waals surface area contributed by atoms with Crippen molar-refractivity contribution in [2.45, 2.75) is 13.0 Å². The average molecular weight is 269 g/mol. The fourth-order valence-electron chi connectivity index (χ4n) is 2.38. The maximum atomic E-state index is 9.89. The van der Waals surface area contributed by atoms with Gasteiger partial charge < -0.3 is 15.5 Å². The van der Waals surface area contributed by atoms with Crippen LogP contribution in [0.4, 0.5) is 5.69 Å². The molecule has 1 aromatic heterocycles. The van der Waals surface area contributed by atoms with Crippen LogP contribution in [0, 0.1) is 0 Å². The van der Waals surface area contributed by atoms with Crippen LogP contribution in [0.3, 0.4) is 0 Å². The highest BCUT2D eigenvalue weighted by atomic mass is 16.3. The Labute approximate surface area is 115 Å². The molecule has 20 heavy (non-hydrogen) atoms. The molecule has 0 saturated heterocycles. The largest absolute Gasteiger partial charge is 0.507 e. The number of nitrogens with one attached hydrogen (secondary N) is 2. The summed E-state index contributed by atoms with van der Waals surface area (Å²) < 4.78 is 0. The first-order valence-corrected chi connectivity index (χ1v) is 6.36. The van der Waals surface area contributed by atoms with Gasteiger partial charge in [-0.05, 0) is 31.2 Å². The first-order valence-electron chi connectivity index (χ1n) is 6.36. The zero-order valence-electron chi connectivity index (χ0n) is 11.0. The highest BCUT2D eigenvalue weighted by Crippen LogP contribution is 2.35. The molecule has 102 valence electrons. The van der Waals surface area contributed by atoms with Crippen LogP contribution in [0.5, 0.6) is 11.5 Å². The third kappa shape index (κ3) is 2.03. The Morgan fingerprint density at radius 2 is 1.80 bits per heavy atom. The predicted molar refractivity (Wildman–Crippen MR) is 77.9 cm³/mol. The minimum Gasteiger partial charge on any atom is -0.507 e. The van der Waals surface area contributed by atoms with Crippen LogP contribution in [-0.4, -0.2) is 20.4 Å². The number of benzene rings is 2. The second-order valence-electron chi connectivity index (χ2n) is 4.71. The van der Waals surface area contributed by atoms with E-state index in [1.54, 1.807) is 24.4 Å². The number of phenolic OH excluding ortho intramolecular Hbond substituents is 2. The summed E-state index contributed by atoms with van der Waals surface area (Å²) in [5.74, 6) is 0.147. The van der Waals surface area contributed by atoms with Gasteiger partial charge in [0, 0.05) is 11.1 Å². The highest BCUT2D eigenvalue weighted by molar-refractivity contribution is 5.91. The summed E-state index contributed by atoms with van der Waals surface area (Å²) in [4.78, 5) is 0. The van der Waals surface area contributed by atoms with Crippen molar-refractivity contribution in [3.63, 3.8) is 0 Å². The number of H-pyrrole nitrogens is 1.